The fourth-order valence-corrected chi connectivity index (χ4v) is 2.29. The number of hydrogen-bond donors (Lipinski definition) is 0. The van der Waals surface area contributed by atoms with E-state index in [0.29, 0.717) is 11.8 Å². The van der Waals surface area contributed by atoms with E-state index in [9.17, 15) is 0 Å². The van der Waals surface area contributed by atoms with Crippen LogP contribution in [0.1, 0.15) is 76.0 Å². The molecule has 0 unspecified atom stereocenters. The Hall–Kier alpha value is -1.56. The molecule has 0 aliphatic rings. The molecule has 0 aliphatic heterocycles. The molecule has 0 fully saturated rings. The Balaban J connectivity index is 0.000000235. The van der Waals surface area contributed by atoms with Gasteiger partial charge in [0, 0.05) is 0 Å². The highest BCUT2D eigenvalue weighted by molar-refractivity contribution is 5.24. The van der Waals surface area contributed by atoms with Crippen molar-refractivity contribution in [3.05, 3.63) is 71.3 Å². The molecule has 0 heteroatoms. The van der Waals surface area contributed by atoms with E-state index in [4.69, 9.17) is 0 Å². The molecule has 0 radical (unpaired) electrons. The van der Waals surface area contributed by atoms with E-state index in [-0.39, 0.29) is 0 Å². The first-order valence-electron chi connectivity index (χ1n) is 8.68. The highest BCUT2D eigenvalue weighted by Gasteiger charge is 1.98. The van der Waals surface area contributed by atoms with Crippen molar-refractivity contribution in [3.8, 4) is 0 Å². The molecule has 0 bridgehead atoms. The van der Waals surface area contributed by atoms with Crippen molar-refractivity contribution in [1.82, 2.24) is 0 Å². The predicted octanol–water partition coefficient (Wildman–Crippen LogP) is 6.96. The molecule has 0 heterocycles. The summed E-state index contributed by atoms with van der Waals surface area (Å²) in [6, 6.07) is 19.6. The van der Waals surface area contributed by atoms with Gasteiger partial charge in [-0.05, 0) is 41.4 Å². The van der Waals surface area contributed by atoms with Crippen LogP contribution in [0, 0.1) is 0 Å². The van der Waals surface area contributed by atoms with E-state index in [1.807, 2.05) is 6.07 Å². The van der Waals surface area contributed by atoms with Gasteiger partial charge in [0.25, 0.3) is 0 Å². The van der Waals surface area contributed by atoms with Gasteiger partial charge in [-0.25, -0.2) is 0 Å². The normalized spacial score (nSPS) is 10.5. The van der Waals surface area contributed by atoms with Crippen LogP contribution in [0.4, 0.5) is 0 Å². The maximum atomic E-state index is 2.27. The number of hydrogen-bond acceptors (Lipinski definition) is 0. The monoisotopic (exact) mass is 296 g/mol. The molecule has 0 aliphatic carbocycles. The lowest BCUT2D eigenvalue weighted by atomic mass is 10.00. The fraction of sp³-hybridized carbons (Fsp3) is 0.455. The zero-order valence-electron chi connectivity index (χ0n) is 15.0. The first kappa shape index (κ1) is 18.5. The Kier molecular flexibility index (Phi) is 8.58. The van der Waals surface area contributed by atoms with E-state index in [0.717, 1.165) is 0 Å². The highest BCUT2D eigenvalue weighted by Crippen LogP contribution is 2.15. The summed E-state index contributed by atoms with van der Waals surface area (Å²) in [7, 11) is 0. The molecular formula is C22H32. The summed E-state index contributed by atoms with van der Waals surface area (Å²) in [6.45, 7) is 11.1. The third kappa shape index (κ3) is 6.93. The molecule has 22 heavy (non-hydrogen) atoms. The van der Waals surface area contributed by atoms with Gasteiger partial charge >= 0.3 is 0 Å². The van der Waals surface area contributed by atoms with Crippen molar-refractivity contribution < 1.29 is 0 Å². The molecule has 0 spiro atoms. The zero-order valence-corrected chi connectivity index (χ0v) is 15.0. The van der Waals surface area contributed by atoms with Crippen molar-refractivity contribution >= 4 is 0 Å². The van der Waals surface area contributed by atoms with Gasteiger partial charge in [-0.3, -0.25) is 0 Å². The molecule has 0 aromatic heterocycles. The van der Waals surface area contributed by atoms with Gasteiger partial charge in [-0.15, -0.1) is 0 Å². The quantitative estimate of drug-likeness (QED) is 0.559. The smallest absolute Gasteiger partial charge is 0.0219 e. The third-order valence-electron chi connectivity index (χ3n) is 3.93. The molecule has 120 valence electrons. The average Bonchev–Trinajstić information content (AvgIpc) is 2.54. The zero-order chi connectivity index (χ0) is 16.4. The van der Waals surface area contributed by atoms with Crippen LogP contribution in [-0.2, 0) is 6.42 Å². The lowest BCUT2D eigenvalue weighted by Crippen LogP contribution is -1.89. The second-order valence-electron chi connectivity index (χ2n) is 6.57. The first-order chi connectivity index (χ1) is 10.5. The summed E-state index contributed by atoms with van der Waals surface area (Å²) in [5.74, 6) is 1.31. The van der Waals surface area contributed by atoms with Gasteiger partial charge in [0.15, 0.2) is 0 Å². The summed E-state index contributed by atoms with van der Waals surface area (Å²) >= 11 is 0. The van der Waals surface area contributed by atoms with Gasteiger partial charge in [0.2, 0.25) is 0 Å². The topological polar surface area (TPSA) is 0 Å². The van der Waals surface area contributed by atoms with E-state index in [1.54, 1.807) is 0 Å². The Bertz CT molecular complexity index is 491. The maximum absolute atomic E-state index is 2.27. The van der Waals surface area contributed by atoms with Crippen LogP contribution in [0.5, 0.6) is 0 Å². The standard InChI is InChI=1S/C13H20.C9H12/c1-4-5-6-12-7-9-13(10-8-12)11(2)3;1-8(2)9-6-4-3-5-7-9/h7-11H,4-6H2,1-3H3;3-8H,1-2H3. The first-order valence-corrected chi connectivity index (χ1v) is 8.68. The second-order valence-corrected chi connectivity index (χ2v) is 6.57. The summed E-state index contributed by atoms with van der Waals surface area (Å²) in [5, 5.41) is 0. The van der Waals surface area contributed by atoms with Gasteiger partial charge in [0.1, 0.15) is 0 Å². The van der Waals surface area contributed by atoms with Crippen LogP contribution in [0.25, 0.3) is 0 Å². The lowest BCUT2D eigenvalue weighted by Gasteiger charge is -2.06. The molecule has 0 nitrogen and oxygen atoms in total. The average molecular weight is 296 g/mol. The third-order valence-corrected chi connectivity index (χ3v) is 3.93. The van der Waals surface area contributed by atoms with E-state index >= 15 is 0 Å². The highest BCUT2D eigenvalue weighted by atomic mass is 14.0. The summed E-state index contributed by atoms with van der Waals surface area (Å²) in [4.78, 5) is 0. The van der Waals surface area contributed by atoms with Crippen molar-refractivity contribution in [2.24, 2.45) is 0 Å². The van der Waals surface area contributed by atoms with E-state index < -0.39 is 0 Å². The van der Waals surface area contributed by atoms with Crippen LogP contribution in [-0.4, -0.2) is 0 Å². The Morgan fingerprint density at radius 3 is 1.59 bits per heavy atom. The maximum Gasteiger partial charge on any atom is -0.0219 e. The molecule has 2 rings (SSSR count). The van der Waals surface area contributed by atoms with Crippen molar-refractivity contribution in [2.75, 3.05) is 0 Å². The number of rotatable bonds is 5. The SMILES string of the molecule is CC(C)c1ccccc1.CCCCc1ccc(C(C)C)cc1. The summed E-state index contributed by atoms with van der Waals surface area (Å²) in [5.41, 5.74) is 4.34. The Morgan fingerprint density at radius 2 is 1.18 bits per heavy atom. The molecular weight excluding hydrogens is 264 g/mol. The van der Waals surface area contributed by atoms with Crippen LogP contribution in [0.3, 0.4) is 0 Å². The van der Waals surface area contributed by atoms with Crippen LogP contribution >= 0.6 is 0 Å². The molecule has 2 aromatic rings. The number of benzene rings is 2. The molecule has 0 saturated carbocycles. The molecule has 0 saturated heterocycles. The predicted molar refractivity (Wildman–Crippen MR) is 99.7 cm³/mol. The van der Waals surface area contributed by atoms with Gasteiger partial charge in [0.05, 0.1) is 0 Å². The van der Waals surface area contributed by atoms with E-state index in [2.05, 4.69) is 83.1 Å². The Labute approximate surface area is 137 Å². The summed E-state index contributed by atoms with van der Waals surface area (Å²) < 4.78 is 0. The van der Waals surface area contributed by atoms with Gasteiger partial charge in [-0.2, -0.15) is 0 Å². The largest absolute Gasteiger partial charge is 0.0654 e. The number of aryl methyl sites for hydroxylation is 1. The fourth-order valence-electron chi connectivity index (χ4n) is 2.29. The molecule has 2 aromatic carbocycles. The van der Waals surface area contributed by atoms with Crippen LogP contribution in [0.15, 0.2) is 54.6 Å². The van der Waals surface area contributed by atoms with Gasteiger partial charge in [-0.1, -0.05) is 95.6 Å². The minimum atomic E-state index is 0.653. The minimum absolute atomic E-state index is 0.653. The Morgan fingerprint density at radius 1 is 0.682 bits per heavy atom. The van der Waals surface area contributed by atoms with Gasteiger partial charge < -0.3 is 0 Å². The lowest BCUT2D eigenvalue weighted by molar-refractivity contribution is 0.793. The molecule has 0 amide bonds. The van der Waals surface area contributed by atoms with Crippen molar-refractivity contribution in [3.63, 3.8) is 0 Å². The molecule has 0 N–H and O–H groups in total. The van der Waals surface area contributed by atoms with Crippen molar-refractivity contribution in [2.45, 2.75) is 65.7 Å². The summed E-state index contributed by atoms with van der Waals surface area (Å²) in [6.07, 6.45) is 3.82. The minimum Gasteiger partial charge on any atom is -0.0654 e. The van der Waals surface area contributed by atoms with Crippen LogP contribution in [0.2, 0.25) is 0 Å². The number of unbranched alkanes of at least 4 members (excludes halogenated alkanes) is 1. The van der Waals surface area contributed by atoms with E-state index in [1.165, 1.54) is 36.0 Å². The van der Waals surface area contributed by atoms with Crippen molar-refractivity contribution in [1.29, 1.82) is 0 Å². The molecule has 0 atom stereocenters. The second kappa shape index (κ2) is 10.2. The van der Waals surface area contributed by atoms with Crippen LogP contribution < -0.4 is 0 Å².